The molecule has 1 N–H and O–H groups in total. The van der Waals surface area contributed by atoms with Crippen molar-refractivity contribution in [2.75, 3.05) is 26.0 Å². The van der Waals surface area contributed by atoms with E-state index in [0.29, 0.717) is 10.9 Å². The SMILES string of the molecule is COc1ccc(-n2c(SCC(=O)NC(=O)c3cccn3C)nnc2[C@@H](C)N2CCCCC2)cc1. The maximum atomic E-state index is 12.5. The van der Waals surface area contributed by atoms with Crippen molar-refractivity contribution in [1.82, 2.24) is 29.5 Å². The number of amides is 2. The summed E-state index contributed by atoms with van der Waals surface area (Å²) in [6.07, 6.45) is 5.37. The van der Waals surface area contributed by atoms with E-state index in [0.717, 1.165) is 30.4 Å². The van der Waals surface area contributed by atoms with Crippen LogP contribution in [0.1, 0.15) is 48.5 Å². The third-order valence-corrected chi connectivity index (χ3v) is 6.99. The Bertz CT molecular complexity index is 1130. The molecule has 1 fully saturated rings. The Morgan fingerprint density at radius 1 is 1.12 bits per heavy atom. The summed E-state index contributed by atoms with van der Waals surface area (Å²) in [5.74, 6) is 0.827. The summed E-state index contributed by atoms with van der Waals surface area (Å²) in [5, 5.41) is 12.0. The molecule has 10 heteroatoms. The summed E-state index contributed by atoms with van der Waals surface area (Å²) in [4.78, 5) is 27.3. The first-order chi connectivity index (χ1) is 16.5. The lowest BCUT2D eigenvalue weighted by Crippen LogP contribution is -2.33. The topological polar surface area (TPSA) is 94.3 Å². The molecule has 2 aromatic heterocycles. The van der Waals surface area contributed by atoms with E-state index in [4.69, 9.17) is 4.74 Å². The van der Waals surface area contributed by atoms with Gasteiger partial charge in [0.25, 0.3) is 5.91 Å². The van der Waals surface area contributed by atoms with Crippen LogP contribution in [0.4, 0.5) is 0 Å². The third kappa shape index (κ3) is 5.34. The van der Waals surface area contributed by atoms with E-state index < -0.39 is 5.91 Å². The van der Waals surface area contributed by atoms with E-state index in [1.165, 1.54) is 31.0 Å². The number of rotatable bonds is 8. The van der Waals surface area contributed by atoms with Gasteiger partial charge in [-0.3, -0.25) is 24.4 Å². The van der Waals surface area contributed by atoms with E-state index in [-0.39, 0.29) is 17.7 Å². The van der Waals surface area contributed by atoms with Gasteiger partial charge in [0.05, 0.1) is 18.9 Å². The number of ether oxygens (including phenoxy) is 1. The van der Waals surface area contributed by atoms with Crippen molar-refractivity contribution in [3.8, 4) is 11.4 Å². The molecule has 0 saturated carbocycles. The fourth-order valence-electron chi connectivity index (χ4n) is 4.14. The number of nitrogens with zero attached hydrogens (tertiary/aromatic N) is 5. The predicted octanol–water partition coefficient (Wildman–Crippen LogP) is 3.21. The molecular weight excluding hydrogens is 452 g/mol. The number of hydrogen-bond donors (Lipinski definition) is 1. The van der Waals surface area contributed by atoms with Crippen LogP contribution in [0.3, 0.4) is 0 Å². The number of hydrogen-bond acceptors (Lipinski definition) is 7. The number of aromatic nitrogens is 4. The Balaban J connectivity index is 1.53. The molecule has 0 radical (unpaired) electrons. The molecule has 9 nitrogen and oxygen atoms in total. The van der Waals surface area contributed by atoms with Crippen LogP contribution in [0, 0.1) is 0 Å². The van der Waals surface area contributed by atoms with Crippen LogP contribution in [-0.2, 0) is 11.8 Å². The molecule has 2 amide bonds. The highest BCUT2D eigenvalue weighted by atomic mass is 32.2. The lowest BCUT2D eigenvalue weighted by molar-refractivity contribution is -0.117. The molecule has 4 rings (SSSR count). The average Bonchev–Trinajstić information content (AvgIpc) is 3.49. The van der Waals surface area contributed by atoms with Gasteiger partial charge in [0.15, 0.2) is 11.0 Å². The van der Waals surface area contributed by atoms with Gasteiger partial charge in [-0.15, -0.1) is 10.2 Å². The molecule has 3 aromatic rings. The van der Waals surface area contributed by atoms with Crippen molar-refractivity contribution in [1.29, 1.82) is 0 Å². The molecule has 0 spiro atoms. The first kappa shape index (κ1) is 24.0. The minimum absolute atomic E-state index is 0.0442. The van der Waals surface area contributed by atoms with Crippen LogP contribution in [0.25, 0.3) is 5.69 Å². The second-order valence-electron chi connectivity index (χ2n) is 8.32. The van der Waals surface area contributed by atoms with Gasteiger partial charge in [-0.25, -0.2) is 0 Å². The number of carbonyl (C=O) groups is 2. The van der Waals surface area contributed by atoms with Crippen LogP contribution in [0.15, 0.2) is 47.8 Å². The summed E-state index contributed by atoms with van der Waals surface area (Å²) >= 11 is 1.26. The zero-order valence-corrected chi connectivity index (χ0v) is 20.5. The summed E-state index contributed by atoms with van der Waals surface area (Å²) in [6.45, 7) is 4.21. The number of aryl methyl sites for hydroxylation is 1. The molecule has 1 saturated heterocycles. The van der Waals surface area contributed by atoms with Crippen LogP contribution < -0.4 is 10.1 Å². The van der Waals surface area contributed by atoms with Crippen LogP contribution >= 0.6 is 11.8 Å². The number of likely N-dealkylation sites (tertiary alicyclic amines) is 1. The van der Waals surface area contributed by atoms with Crippen LogP contribution in [0.2, 0.25) is 0 Å². The van der Waals surface area contributed by atoms with Gasteiger partial charge in [0, 0.05) is 18.9 Å². The standard InChI is InChI=1S/C24H30N6O3S/c1-17(29-14-5-4-6-15-29)22-26-27-24(30(22)18-9-11-19(33-3)12-10-18)34-16-21(31)25-23(32)20-8-7-13-28(20)2/h7-13,17H,4-6,14-16H2,1-3H3,(H,25,31,32)/t17-/m1/s1. The predicted molar refractivity (Wildman–Crippen MR) is 130 cm³/mol. The van der Waals surface area contributed by atoms with Crippen molar-refractivity contribution < 1.29 is 14.3 Å². The monoisotopic (exact) mass is 482 g/mol. The van der Waals surface area contributed by atoms with Crippen molar-refractivity contribution in [3.63, 3.8) is 0 Å². The van der Waals surface area contributed by atoms with E-state index in [9.17, 15) is 9.59 Å². The number of imide groups is 1. The van der Waals surface area contributed by atoms with E-state index in [2.05, 4.69) is 27.3 Å². The highest BCUT2D eigenvalue weighted by Gasteiger charge is 2.26. The first-order valence-corrected chi connectivity index (χ1v) is 12.4. The Kier molecular flexibility index (Phi) is 7.69. The van der Waals surface area contributed by atoms with Crippen molar-refractivity contribution in [3.05, 3.63) is 54.1 Å². The average molecular weight is 483 g/mol. The van der Waals surface area contributed by atoms with Crippen molar-refractivity contribution in [2.45, 2.75) is 37.4 Å². The van der Waals surface area contributed by atoms with Crippen LogP contribution in [0.5, 0.6) is 5.75 Å². The molecule has 1 aliphatic heterocycles. The molecule has 1 aromatic carbocycles. The van der Waals surface area contributed by atoms with Gasteiger partial charge in [0.2, 0.25) is 5.91 Å². The Morgan fingerprint density at radius 3 is 2.50 bits per heavy atom. The maximum Gasteiger partial charge on any atom is 0.274 e. The van der Waals surface area contributed by atoms with Crippen molar-refractivity contribution >= 4 is 23.6 Å². The fourth-order valence-corrected chi connectivity index (χ4v) is 4.90. The summed E-state index contributed by atoms with van der Waals surface area (Å²) in [5.41, 5.74) is 1.32. The van der Waals surface area contributed by atoms with Crippen molar-refractivity contribution in [2.24, 2.45) is 7.05 Å². The number of benzene rings is 1. The fraction of sp³-hybridized carbons (Fsp3) is 0.417. The second-order valence-corrected chi connectivity index (χ2v) is 9.26. The normalized spacial score (nSPS) is 15.1. The van der Waals surface area contributed by atoms with Gasteiger partial charge in [-0.2, -0.15) is 0 Å². The molecule has 0 aliphatic carbocycles. The number of nitrogens with one attached hydrogen (secondary N) is 1. The molecule has 0 unspecified atom stereocenters. The van der Waals surface area contributed by atoms with Gasteiger partial charge in [0.1, 0.15) is 11.4 Å². The quantitative estimate of drug-likeness (QED) is 0.493. The summed E-state index contributed by atoms with van der Waals surface area (Å²) < 4.78 is 8.97. The largest absolute Gasteiger partial charge is 0.497 e. The molecule has 3 heterocycles. The zero-order chi connectivity index (χ0) is 24.1. The molecule has 180 valence electrons. The molecule has 0 bridgehead atoms. The lowest BCUT2D eigenvalue weighted by Gasteiger charge is -2.31. The Morgan fingerprint density at radius 2 is 1.85 bits per heavy atom. The minimum Gasteiger partial charge on any atom is -0.497 e. The second kappa shape index (κ2) is 10.9. The number of methoxy groups -OCH3 is 1. The van der Waals surface area contributed by atoms with Crippen LogP contribution in [-0.4, -0.2) is 62.0 Å². The van der Waals surface area contributed by atoms with Gasteiger partial charge in [-0.05, 0) is 69.3 Å². The molecule has 1 aliphatic rings. The molecule has 34 heavy (non-hydrogen) atoms. The number of carbonyl (C=O) groups excluding carboxylic acids is 2. The molecular formula is C24H30N6O3S. The third-order valence-electron chi connectivity index (χ3n) is 6.06. The van der Waals surface area contributed by atoms with Gasteiger partial charge >= 0.3 is 0 Å². The highest BCUT2D eigenvalue weighted by Crippen LogP contribution is 2.30. The van der Waals surface area contributed by atoms with Gasteiger partial charge in [-0.1, -0.05) is 18.2 Å². The van der Waals surface area contributed by atoms with E-state index in [1.54, 1.807) is 37.1 Å². The van der Waals surface area contributed by atoms with E-state index >= 15 is 0 Å². The number of thioether (sulfide) groups is 1. The highest BCUT2D eigenvalue weighted by molar-refractivity contribution is 7.99. The maximum absolute atomic E-state index is 12.5. The summed E-state index contributed by atoms with van der Waals surface area (Å²) in [7, 11) is 3.39. The molecule has 1 atom stereocenters. The zero-order valence-electron chi connectivity index (χ0n) is 19.7. The summed E-state index contributed by atoms with van der Waals surface area (Å²) in [6, 6.07) is 11.2. The van der Waals surface area contributed by atoms with Gasteiger partial charge < -0.3 is 9.30 Å². The lowest BCUT2D eigenvalue weighted by atomic mass is 10.1. The Labute approximate surface area is 203 Å². The number of piperidine rings is 1. The Hall–Kier alpha value is -3.11. The van der Waals surface area contributed by atoms with E-state index in [1.807, 2.05) is 28.8 Å². The minimum atomic E-state index is -0.422. The smallest absolute Gasteiger partial charge is 0.274 e. The first-order valence-electron chi connectivity index (χ1n) is 11.4.